The predicted octanol–water partition coefficient (Wildman–Crippen LogP) is 2.91. The number of esters is 1. The lowest BCUT2D eigenvalue weighted by molar-refractivity contribution is -0.384. The second kappa shape index (κ2) is 7.91. The molecule has 0 radical (unpaired) electrons. The van der Waals surface area contributed by atoms with Crippen LogP contribution in [0.15, 0.2) is 52.8 Å². The smallest absolute Gasteiger partial charge is 0.355 e. The van der Waals surface area contributed by atoms with Gasteiger partial charge >= 0.3 is 5.97 Å². The number of nitro groups is 1. The van der Waals surface area contributed by atoms with Crippen LogP contribution in [0.3, 0.4) is 0 Å². The Hall–Kier alpha value is -3.42. The van der Waals surface area contributed by atoms with Gasteiger partial charge in [-0.25, -0.2) is 4.79 Å². The van der Waals surface area contributed by atoms with Crippen LogP contribution in [0.5, 0.6) is 0 Å². The number of ether oxygens (including phenoxy) is 1. The van der Waals surface area contributed by atoms with Crippen LogP contribution >= 0.6 is 0 Å². The number of carbonyl (C=O) groups excluding carboxylic acids is 2. The summed E-state index contributed by atoms with van der Waals surface area (Å²) in [6.45, 7) is 3.35. The molecule has 1 aromatic heterocycles. The zero-order valence-corrected chi connectivity index (χ0v) is 13.6. The summed E-state index contributed by atoms with van der Waals surface area (Å²) in [7, 11) is 0. The largest absolute Gasteiger partial charge is 0.459 e. The summed E-state index contributed by atoms with van der Waals surface area (Å²) in [6.07, 6.45) is 2.32. The fraction of sp³-hybridized carbons (Fsp3) is 0.176. The molecule has 2 rings (SSSR count). The molecule has 0 fully saturated rings. The van der Waals surface area contributed by atoms with Crippen LogP contribution in [-0.2, 0) is 9.53 Å². The number of furan rings is 1. The molecule has 0 aliphatic carbocycles. The summed E-state index contributed by atoms with van der Waals surface area (Å²) in [5, 5.41) is 13.1. The molecule has 0 saturated heterocycles. The first-order valence-electron chi connectivity index (χ1n) is 7.39. The van der Waals surface area contributed by atoms with Crippen LogP contribution in [0, 0.1) is 10.1 Å². The summed E-state index contributed by atoms with van der Waals surface area (Å²) in [5.41, 5.74) is 0.299. The average molecular weight is 344 g/mol. The number of nitro benzene ring substituents is 1. The van der Waals surface area contributed by atoms with E-state index in [0.717, 1.165) is 0 Å². The van der Waals surface area contributed by atoms with Gasteiger partial charge in [0.2, 0.25) is 0 Å². The van der Waals surface area contributed by atoms with E-state index in [4.69, 9.17) is 9.15 Å². The summed E-state index contributed by atoms with van der Waals surface area (Å²) >= 11 is 0. The molecule has 130 valence electrons. The van der Waals surface area contributed by atoms with E-state index in [2.05, 4.69) is 5.32 Å². The van der Waals surface area contributed by atoms with Crippen molar-refractivity contribution in [1.82, 2.24) is 5.32 Å². The van der Waals surface area contributed by atoms with E-state index in [1.165, 1.54) is 42.7 Å². The highest BCUT2D eigenvalue weighted by molar-refractivity contribution is 6.02. The van der Waals surface area contributed by atoms with E-state index >= 15 is 0 Å². The molecule has 1 N–H and O–H groups in total. The van der Waals surface area contributed by atoms with Crippen LogP contribution in [-0.4, -0.2) is 22.9 Å². The maximum Gasteiger partial charge on any atom is 0.355 e. The SMILES string of the molecule is CC(C)OC(=O)/C(=C/c1ccc([N+](=O)[O-])cc1)NC(=O)c1ccco1. The van der Waals surface area contributed by atoms with Crippen molar-refractivity contribution in [3.8, 4) is 0 Å². The number of nitrogens with zero attached hydrogens (tertiary/aromatic N) is 1. The maximum atomic E-state index is 12.2. The predicted molar refractivity (Wildman–Crippen MR) is 88.5 cm³/mol. The molecule has 1 aromatic carbocycles. The number of non-ortho nitro benzene ring substituents is 1. The number of nitrogens with one attached hydrogen (secondary N) is 1. The van der Waals surface area contributed by atoms with Gasteiger partial charge in [0.1, 0.15) is 5.70 Å². The van der Waals surface area contributed by atoms with Crippen LogP contribution in [0.2, 0.25) is 0 Å². The molecule has 8 nitrogen and oxygen atoms in total. The van der Waals surface area contributed by atoms with Gasteiger partial charge in [0.05, 0.1) is 17.3 Å². The second-order valence-electron chi connectivity index (χ2n) is 5.29. The number of hydrogen-bond acceptors (Lipinski definition) is 6. The molecule has 8 heteroatoms. The number of rotatable bonds is 6. The Morgan fingerprint density at radius 3 is 2.44 bits per heavy atom. The molecule has 1 heterocycles. The molecular weight excluding hydrogens is 328 g/mol. The van der Waals surface area contributed by atoms with E-state index in [-0.39, 0.29) is 23.2 Å². The topological polar surface area (TPSA) is 112 Å². The van der Waals surface area contributed by atoms with Gasteiger partial charge < -0.3 is 14.5 Å². The Balaban J connectivity index is 2.27. The maximum absolute atomic E-state index is 12.2. The van der Waals surface area contributed by atoms with Gasteiger partial charge in [-0.2, -0.15) is 0 Å². The van der Waals surface area contributed by atoms with E-state index in [1.54, 1.807) is 19.9 Å². The molecular formula is C17H16N2O6. The van der Waals surface area contributed by atoms with Crippen LogP contribution in [0.25, 0.3) is 6.08 Å². The normalized spacial score (nSPS) is 11.2. The molecule has 25 heavy (non-hydrogen) atoms. The fourth-order valence-corrected chi connectivity index (χ4v) is 1.87. The highest BCUT2D eigenvalue weighted by atomic mass is 16.6. The van der Waals surface area contributed by atoms with Crippen molar-refractivity contribution in [2.24, 2.45) is 0 Å². The average Bonchev–Trinajstić information content (AvgIpc) is 3.08. The molecule has 2 aromatic rings. The van der Waals surface area contributed by atoms with Crippen LogP contribution < -0.4 is 5.32 Å². The lowest BCUT2D eigenvalue weighted by Gasteiger charge is -2.11. The molecule has 0 unspecified atom stereocenters. The molecule has 0 atom stereocenters. The summed E-state index contributed by atoms with van der Waals surface area (Å²) in [6, 6.07) is 8.50. The fourth-order valence-electron chi connectivity index (χ4n) is 1.87. The van der Waals surface area contributed by atoms with E-state index in [1.807, 2.05) is 0 Å². The van der Waals surface area contributed by atoms with Crippen molar-refractivity contribution in [2.75, 3.05) is 0 Å². The Morgan fingerprint density at radius 2 is 1.92 bits per heavy atom. The van der Waals surface area contributed by atoms with Gasteiger partial charge in [-0.3, -0.25) is 14.9 Å². The van der Waals surface area contributed by atoms with Gasteiger partial charge in [-0.1, -0.05) is 0 Å². The first kappa shape index (κ1) is 17.9. The van der Waals surface area contributed by atoms with Gasteiger partial charge in [-0.15, -0.1) is 0 Å². The Morgan fingerprint density at radius 1 is 1.24 bits per heavy atom. The van der Waals surface area contributed by atoms with Crippen LogP contribution in [0.1, 0.15) is 30.0 Å². The number of carbonyl (C=O) groups is 2. The van der Waals surface area contributed by atoms with Crippen LogP contribution in [0.4, 0.5) is 5.69 Å². The minimum atomic E-state index is -0.728. The third-order valence-electron chi connectivity index (χ3n) is 2.97. The third kappa shape index (κ3) is 5.03. The Kier molecular flexibility index (Phi) is 5.67. The number of amides is 1. The molecule has 0 saturated carbocycles. The van der Waals surface area contributed by atoms with Gasteiger partial charge in [0.25, 0.3) is 11.6 Å². The first-order chi connectivity index (χ1) is 11.9. The third-order valence-corrected chi connectivity index (χ3v) is 2.97. The zero-order valence-electron chi connectivity index (χ0n) is 13.6. The quantitative estimate of drug-likeness (QED) is 0.373. The first-order valence-corrected chi connectivity index (χ1v) is 7.39. The minimum absolute atomic E-state index is 0.0342. The molecule has 0 bridgehead atoms. The van der Waals surface area contributed by atoms with Crippen molar-refractivity contribution in [1.29, 1.82) is 0 Å². The molecule has 0 spiro atoms. The van der Waals surface area contributed by atoms with E-state index < -0.39 is 16.8 Å². The second-order valence-corrected chi connectivity index (χ2v) is 5.29. The van der Waals surface area contributed by atoms with Crippen molar-refractivity contribution >= 4 is 23.6 Å². The van der Waals surface area contributed by atoms with Crippen molar-refractivity contribution in [3.63, 3.8) is 0 Å². The zero-order chi connectivity index (χ0) is 18.4. The highest BCUT2D eigenvalue weighted by Gasteiger charge is 2.18. The standard InChI is InChI=1S/C17H16N2O6/c1-11(2)25-17(21)14(18-16(20)15-4-3-9-24-15)10-12-5-7-13(8-6-12)19(22)23/h3-11H,1-2H3,(H,18,20)/b14-10-. The van der Waals surface area contributed by atoms with Gasteiger partial charge in [0.15, 0.2) is 5.76 Å². The molecule has 0 aliphatic heterocycles. The Labute approximate surface area is 143 Å². The van der Waals surface area contributed by atoms with E-state index in [9.17, 15) is 19.7 Å². The monoisotopic (exact) mass is 344 g/mol. The lowest BCUT2D eigenvalue weighted by atomic mass is 10.1. The van der Waals surface area contributed by atoms with Crippen molar-refractivity contribution < 1.29 is 23.7 Å². The number of benzene rings is 1. The molecule has 1 amide bonds. The van der Waals surface area contributed by atoms with Gasteiger partial charge in [-0.05, 0) is 49.8 Å². The highest BCUT2D eigenvalue weighted by Crippen LogP contribution is 2.15. The van der Waals surface area contributed by atoms with Crippen molar-refractivity contribution in [3.05, 3.63) is 69.8 Å². The summed E-state index contributed by atoms with van der Waals surface area (Å²) in [4.78, 5) is 34.5. The molecule has 0 aliphatic rings. The van der Waals surface area contributed by atoms with Gasteiger partial charge in [0, 0.05) is 12.1 Å². The minimum Gasteiger partial charge on any atom is -0.459 e. The summed E-state index contributed by atoms with van der Waals surface area (Å²) in [5.74, 6) is -1.31. The Bertz CT molecular complexity index is 791. The van der Waals surface area contributed by atoms with Crippen molar-refractivity contribution in [2.45, 2.75) is 20.0 Å². The number of hydrogen-bond donors (Lipinski definition) is 1. The van der Waals surface area contributed by atoms with E-state index in [0.29, 0.717) is 5.56 Å². The summed E-state index contributed by atoms with van der Waals surface area (Å²) < 4.78 is 10.1. The lowest BCUT2D eigenvalue weighted by Crippen LogP contribution is -2.29.